The third-order valence-corrected chi connectivity index (χ3v) is 2.37. The average Bonchev–Trinajstić information content (AvgIpc) is 2.27. The van der Waals surface area contributed by atoms with E-state index in [0.717, 1.165) is 6.54 Å². The van der Waals surface area contributed by atoms with Crippen LogP contribution in [-0.4, -0.2) is 54.2 Å². The Bertz CT molecular complexity index is 457. The van der Waals surface area contributed by atoms with Gasteiger partial charge in [0.2, 0.25) is 0 Å². The molecule has 0 fully saturated rings. The van der Waals surface area contributed by atoms with Crippen molar-refractivity contribution in [3.05, 3.63) is 29.3 Å². The highest BCUT2D eigenvalue weighted by Crippen LogP contribution is 2.18. The van der Waals surface area contributed by atoms with Crippen molar-refractivity contribution in [2.24, 2.45) is 0 Å². The molecule has 0 aliphatic carbocycles. The third kappa shape index (κ3) is 3.74. The Labute approximate surface area is 105 Å². The highest BCUT2D eigenvalue weighted by Gasteiger charge is 2.13. The van der Waals surface area contributed by atoms with E-state index in [1.807, 2.05) is 19.0 Å². The second-order valence-electron chi connectivity index (χ2n) is 4.10. The van der Waals surface area contributed by atoms with Crippen LogP contribution in [0.4, 0.5) is 5.69 Å². The molecule has 0 radical (unpaired) electrons. The molecule has 0 aliphatic heterocycles. The largest absolute Gasteiger partial charge is 0.478 e. The quantitative estimate of drug-likeness (QED) is 0.701. The maximum atomic E-state index is 11.0. The first-order chi connectivity index (χ1) is 8.41. The minimum atomic E-state index is -1.08. The monoisotopic (exact) mass is 252 g/mol. The van der Waals surface area contributed by atoms with E-state index in [1.165, 1.54) is 18.2 Å². The molecule has 0 bridgehead atoms. The molecule has 1 aromatic carbocycles. The molecule has 0 unspecified atom stereocenters. The molecule has 3 N–H and O–H groups in total. The number of carbonyl (C=O) groups is 2. The summed E-state index contributed by atoms with van der Waals surface area (Å²) in [7, 11) is 3.79. The van der Waals surface area contributed by atoms with Gasteiger partial charge in [-0.3, -0.25) is 0 Å². The van der Waals surface area contributed by atoms with E-state index in [2.05, 4.69) is 5.32 Å². The summed E-state index contributed by atoms with van der Waals surface area (Å²) in [6.45, 7) is 1.26. The van der Waals surface area contributed by atoms with E-state index in [1.54, 1.807) is 0 Å². The van der Waals surface area contributed by atoms with Crippen molar-refractivity contribution in [3.63, 3.8) is 0 Å². The first-order valence-electron chi connectivity index (χ1n) is 5.41. The Morgan fingerprint density at radius 1 is 1.22 bits per heavy atom. The van der Waals surface area contributed by atoms with Gasteiger partial charge in [-0.05, 0) is 32.3 Å². The fourth-order valence-corrected chi connectivity index (χ4v) is 1.42. The first kappa shape index (κ1) is 14.0. The number of likely N-dealkylation sites (N-methyl/N-ethyl adjacent to an activating group) is 1. The Morgan fingerprint density at radius 2 is 1.89 bits per heavy atom. The lowest BCUT2D eigenvalue weighted by atomic mass is 10.1. The lowest BCUT2D eigenvalue weighted by Gasteiger charge is -2.13. The number of hydrogen-bond donors (Lipinski definition) is 3. The van der Waals surface area contributed by atoms with E-state index in [0.29, 0.717) is 12.2 Å². The standard InChI is InChI=1S/C12H16N2O4/c1-14(2)6-5-13-10-7-8(11(15)16)3-4-9(10)12(17)18/h3-4,7,13H,5-6H2,1-2H3,(H,15,16)(H,17,18). The van der Waals surface area contributed by atoms with Gasteiger partial charge in [-0.1, -0.05) is 0 Å². The van der Waals surface area contributed by atoms with Gasteiger partial charge in [0, 0.05) is 18.8 Å². The summed E-state index contributed by atoms with van der Waals surface area (Å²) in [5.41, 5.74) is 0.454. The Balaban J connectivity index is 2.93. The van der Waals surface area contributed by atoms with Crippen LogP contribution in [0.15, 0.2) is 18.2 Å². The van der Waals surface area contributed by atoms with E-state index >= 15 is 0 Å². The van der Waals surface area contributed by atoms with Gasteiger partial charge in [-0.2, -0.15) is 0 Å². The molecule has 98 valence electrons. The molecule has 0 saturated heterocycles. The normalized spacial score (nSPS) is 10.4. The van der Waals surface area contributed by atoms with Gasteiger partial charge in [0.1, 0.15) is 0 Å². The summed E-state index contributed by atoms with van der Waals surface area (Å²) in [6, 6.07) is 3.91. The van der Waals surface area contributed by atoms with Crippen LogP contribution < -0.4 is 5.32 Å². The smallest absolute Gasteiger partial charge is 0.337 e. The van der Waals surface area contributed by atoms with E-state index in [9.17, 15) is 9.59 Å². The maximum Gasteiger partial charge on any atom is 0.337 e. The van der Waals surface area contributed by atoms with Crippen molar-refractivity contribution in [2.75, 3.05) is 32.5 Å². The molecule has 6 nitrogen and oxygen atoms in total. The first-order valence-corrected chi connectivity index (χ1v) is 5.41. The molecule has 1 rings (SSSR count). The van der Waals surface area contributed by atoms with E-state index in [4.69, 9.17) is 10.2 Å². The minimum Gasteiger partial charge on any atom is -0.478 e. The number of carboxylic acid groups (broad SMARTS) is 2. The molecule has 0 saturated carbocycles. The zero-order chi connectivity index (χ0) is 13.7. The van der Waals surface area contributed by atoms with Gasteiger partial charge in [-0.25, -0.2) is 9.59 Å². The molecule has 0 spiro atoms. The molecule has 0 heterocycles. The topological polar surface area (TPSA) is 89.9 Å². The molecule has 0 amide bonds. The van der Waals surface area contributed by atoms with Gasteiger partial charge in [0.25, 0.3) is 0 Å². The predicted octanol–water partition coefficient (Wildman–Crippen LogP) is 1.06. The lowest BCUT2D eigenvalue weighted by Crippen LogP contribution is -2.21. The van der Waals surface area contributed by atoms with Crippen molar-refractivity contribution < 1.29 is 19.8 Å². The SMILES string of the molecule is CN(C)CCNc1cc(C(=O)O)ccc1C(=O)O. The van der Waals surface area contributed by atoms with Crippen LogP contribution in [-0.2, 0) is 0 Å². The summed E-state index contributed by atoms with van der Waals surface area (Å²) in [5, 5.41) is 20.8. The van der Waals surface area contributed by atoms with E-state index in [-0.39, 0.29) is 11.1 Å². The van der Waals surface area contributed by atoms with Crippen LogP contribution in [0, 0.1) is 0 Å². The van der Waals surface area contributed by atoms with Crippen molar-refractivity contribution >= 4 is 17.6 Å². The number of rotatable bonds is 6. The molecule has 1 aromatic rings. The fraction of sp³-hybridized carbons (Fsp3) is 0.333. The molecule has 0 aromatic heterocycles. The Kier molecular flexibility index (Phi) is 4.67. The summed E-state index contributed by atoms with van der Waals surface area (Å²) in [6.07, 6.45) is 0. The number of nitrogens with zero attached hydrogens (tertiary/aromatic N) is 1. The minimum absolute atomic E-state index is 0.0624. The van der Waals surface area contributed by atoms with Gasteiger partial charge < -0.3 is 20.4 Å². The molecule has 0 atom stereocenters. The summed E-state index contributed by atoms with van der Waals surface area (Å²) >= 11 is 0. The molecule has 18 heavy (non-hydrogen) atoms. The van der Waals surface area contributed by atoms with E-state index < -0.39 is 11.9 Å². The van der Waals surface area contributed by atoms with Crippen LogP contribution in [0.1, 0.15) is 20.7 Å². The van der Waals surface area contributed by atoms with Crippen molar-refractivity contribution in [3.8, 4) is 0 Å². The summed E-state index contributed by atoms with van der Waals surface area (Å²) in [4.78, 5) is 23.8. The van der Waals surface area contributed by atoms with Crippen LogP contribution in [0.5, 0.6) is 0 Å². The summed E-state index contributed by atoms with van der Waals surface area (Å²) < 4.78 is 0. The van der Waals surface area contributed by atoms with Gasteiger partial charge in [0.15, 0.2) is 0 Å². The van der Waals surface area contributed by atoms with Gasteiger partial charge in [0.05, 0.1) is 11.1 Å². The average molecular weight is 252 g/mol. The van der Waals surface area contributed by atoms with Crippen LogP contribution in [0.3, 0.4) is 0 Å². The van der Waals surface area contributed by atoms with Crippen LogP contribution in [0.2, 0.25) is 0 Å². The Hall–Kier alpha value is -2.08. The highest BCUT2D eigenvalue weighted by atomic mass is 16.4. The highest BCUT2D eigenvalue weighted by molar-refractivity contribution is 5.97. The maximum absolute atomic E-state index is 11.0. The Morgan fingerprint density at radius 3 is 2.39 bits per heavy atom. The van der Waals surface area contributed by atoms with Crippen molar-refractivity contribution in [1.82, 2.24) is 4.90 Å². The second kappa shape index (κ2) is 6.02. The zero-order valence-electron chi connectivity index (χ0n) is 10.3. The molecule has 0 aliphatic rings. The lowest BCUT2D eigenvalue weighted by molar-refractivity contribution is 0.0682. The number of aromatic carboxylic acids is 2. The number of benzene rings is 1. The van der Waals surface area contributed by atoms with Crippen LogP contribution in [0.25, 0.3) is 0 Å². The number of nitrogens with one attached hydrogen (secondary N) is 1. The van der Waals surface area contributed by atoms with Gasteiger partial charge in [-0.15, -0.1) is 0 Å². The van der Waals surface area contributed by atoms with Crippen molar-refractivity contribution in [1.29, 1.82) is 0 Å². The third-order valence-electron chi connectivity index (χ3n) is 2.37. The zero-order valence-corrected chi connectivity index (χ0v) is 10.3. The molecule has 6 heteroatoms. The molecular formula is C12H16N2O4. The fourth-order valence-electron chi connectivity index (χ4n) is 1.42. The van der Waals surface area contributed by atoms with Crippen LogP contribution >= 0.6 is 0 Å². The number of anilines is 1. The molecular weight excluding hydrogens is 236 g/mol. The predicted molar refractivity (Wildman–Crippen MR) is 67.4 cm³/mol. The van der Waals surface area contributed by atoms with Crippen molar-refractivity contribution in [2.45, 2.75) is 0 Å². The second-order valence-corrected chi connectivity index (χ2v) is 4.10. The number of carboxylic acids is 2. The summed E-state index contributed by atoms with van der Waals surface area (Å²) in [5.74, 6) is -2.16. The van der Waals surface area contributed by atoms with Gasteiger partial charge >= 0.3 is 11.9 Å². The number of hydrogen-bond acceptors (Lipinski definition) is 4.